The van der Waals surface area contributed by atoms with Gasteiger partial charge in [-0.1, -0.05) is 0 Å². The largest absolute Gasteiger partial charge is 0.481 e. The Kier molecular flexibility index (Phi) is 2.89. The van der Waals surface area contributed by atoms with Crippen LogP contribution >= 0.6 is 0 Å². The lowest BCUT2D eigenvalue weighted by Gasteiger charge is -2.03. The number of carboxylic acids is 1. The van der Waals surface area contributed by atoms with Gasteiger partial charge >= 0.3 is 5.97 Å². The quantitative estimate of drug-likeness (QED) is 0.741. The molecule has 0 aliphatic heterocycles. The van der Waals surface area contributed by atoms with Crippen molar-refractivity contribution >= 4 is 5.97 Å². The molecule has 0 saturated carbocycles. The van der Waals surface area contributed by atoms with Gasteiger partial charge in [-0.25, -0.2) is 4.68 Å². The van der Waals surface area contributed by atoms with Crippen molar-refractivity contribution in [1.82, 2.24) is 9.78 Å². The zero-order valence-electron chi connectivity index (χ0n) is 7.65. The van der Waals surface area contributed by atoms with Gasteiger partial charge in [0.05, 0.1) is 19.7 Å². The molecule has 0 saturated heterocycles. The number of aryl methyl sites for hydroxylation is 1. The maximum Gasteiger partial charge on any atom is 0.308 e. The molecule has 0 radical (unpaired) electrons. The van der Waals surface area contributed by atoms with E-state index in [1.807, 2.05) is 6.92 Å². The van der Waals surface area contributed by atoms with Crippen LogP contribution < -0.4 is 4.74 Å². The Morgan fingerprint density at radius 1 is 1.77 bits per heavy atom. The minimum absolute atomic E-state index is 0.0524. The number of hydrogen-bond donors (Lipinski definition) is 1. The summed E-state index contributed by atoms with van der Waals surface area (Å²) in [7, 11) is 1.51. The Balaban J connectivity index is 2.93. The summed E-state index contributed by atoms with van der Waals surface area (Å²) in [6.07, 6.45) is 1.47. The van der Waals surface area contributed by atoms with E-state index < -0.39 is 5.97 Å². The molecule has 13 heavy (non-hydrogen) atoms. The van der Waals surface area contributed by atoms with Gasteiger partial charge in [-0.3, -0.25) is 4.79 Å². The average Bonchev–Trinajstić information content (AvgIpc) is 2.45. The minimum Gasteiger partial charge on any atom is -0.481 e. The van der Waals surface area contributed by atoms with Crippen LogP contribution in [0.1, 0.15) is 12.5 Å². The smallest absolute Gasteiger partial charge is 0.308 e. The van der Waals surface area contributed by atoms with Crippen molar-refractivity contribution in [3.63, 3.8) is 0 Å². The second kappa shape index (κ2) is 3.93. The Labute approximate surface area is 75.9 Å². The van der Waals surface area contributed by atoms with Gasteiger partial charge in [0, 0.05) is 12.1 Å². The van der Waals surface area contributed by atoms with Gasteiger partial charge in [-0.05, 0) is 6.92 Å². The summed E-state index contributed by atoms with van der Waals surface area (Å²) in [4.78, 5) is 10.4. The summed E-state index contributed by atoms with van der Waals surface area (Å²) in [5.41, 5.74) is 0.608. The molecule has 5 heteroatoms. The first-order valence-corrected chi connectivity index (χ1v) is 3.99. The molecule has 0 fully saturated rings. The van der Waals surface area contributed by atoms with Crippen molar-refractivity contribution in [3.8, 4) is 5.88 Å². The summed E-state index contributed by atoms with van der Waals surface area (Å²) in [5.74, 6) is -0.348. The first-order chi connectivity index (χ1) is 6.19. The molecule has 0 atom stereocenters. The van der Waals surface area contributed by atoms with Crippen LogP contribution in [0.4, 0.5) is 0 Å². The molecular weight excluding hydrogens is 172 g/mol. The second-order valence-electron chi connectivity index (χ2n) is 2.57. The van der Waals surface area contributed by atoms with E-state index in [9.17, 15) is 4.79 Å². The van der Waals surface area contributed by atoms with Gasteiger partial charge in [0.25, 0.3) is 0 Å². The third kappa shape index (κ3) is 1.99. The van der Waals surface area contributed by atoms with Crippen LogP contribution in [0.3, 0.4) is 0 Å². The van der Waals surface area contributed by atoms with Crippen LogP contribution in [0.25, 0.3) is 0 Å². The fourth-order valence-corrected chi connectivity index (χ4v) is 1.16. The van der Waals surface area contributed by atoms with Crippen molar-refractivity contribution in [3.05, 3.63) is 11.8 Å². The highest BCUT2D eigenvalue weighted by molar-refractivity contribution is 5.70. The van der Waals surface area contributed by atoms with Crippen molar-refractivity contribution in [2.75, 3.05) is 7.11 Å². The Morgan fingerprint density at radius 2 is 2.46 bits per heavy atom. The van der Waals surface area contributed by atoms with E-state index in [-0.39, 0.29) is 6.42 Å². The summed E-state index contributed by atoms with van der Waals surface area (Å²) in [5, 5.41) is 12.6. The summed E-state index contributed by atoms with van der Waals surface area (Å²) >= 11 is 0. The Hall–Kier alpha value is -1.52. The molecule has 1 N–H and O–H groups in total. The average molecular weight is 184 g/mol. The number of aromatic nitrogens is 2. The lowest BCUT2D eigenvalue weighted by atomic mass is 10.2. The SMILES string of the molecule is CCn1ncc(CC(=O)O)c1OC. The van der Waals surface area contributed by atoms with Gasteiger partial charge in [-0.15, -0.1) is 0 Å². The van der Waals surface area contributed by atoms with Crippen LogP contribution in [-0.2, 0) is 17.8 Å². The third-order valence-corrected chi connectivity index (χ3v) is 1.70. The number of nitrogens with zero attached hydrogens (tertiary/aromatic N) is 2. The van der Waals surface area contributed by atoms with Gasteiger partial charge in [0.2, 0.25) is 5.88 Å². The molecule has 0 aliphatic carbocycles. The van der Waals surface area contributed by atoms with Crippen LogP contribution in [0, 0.1) is 0 Å². The fraction of sp³-hybridized carbons (Fsp3) is 0.500. The van der Waals surface area contributed by atoms with Gasteiger partial charge in [0.15, 0.2) is 0 Å². The number of aliphatic carboxylic acids is 1. The number of carboxylic acid groups (broad SMARTS) is 1. The maximum atomic E-state index is 10.4. The first-order valence-electron chi connectivity index (χ1n) is 3.99. The number of methoxy groups -OCH3 is 1. The molecule has 0 amide bonds. The van der Waals surface area contributed by atoms with Crippen molar-refractivity contribution < 1.29 is 14.6 Å². The molecule has 0 spiro atoms. The molecule has 0 bridgehead atoms. The van der Waals surface area contributed by atoms with Crippen molar-refractivity contribution in [2.45, 2.75) is 19.9 Å². The number of hydrogen-bond acceptors (Lipinski definition) is 3. The van der Waals surface area contributed by atoms with Gasteiger partial charge in [0.1, 0.15) is 0 Å². The zero-order valence-corrected chi connectivity index (χ0v) is 7.65. The fourth-order valence-electron chi connectivity index (χ4n) is 1.16. The molecule has 0 aromatic carbocycles. The van der Waals surface area contributed by atoms with Crippen LogP contribution in [0.2, 0.25) is 0 Å². The molecule has 0 unspecified atom stereocenters. The Morgan fingerprint density at radius 3 is 2.92 bits per heavy atom. The minimum atomic E-state index is -0.881. The standard InChI is InChI=1S/C8H12N2O3/c1-3-10-8(13-2)6(5-9-10)4-7(11)12/h5H,3-4H2,1-2H3,(H,11,12). The first kappa shape index (κ1) is 9.57. The highest BCUT2D eigenvalue weighted by Gasteiger charge is 2.12. The Bertz CT molecular complexity index is 306. The summed E-state index contributed by atoms with van der Waals surface area (Å²) in [6, 6.07) is 0. The second-order valence-corrected chi connectivity index (χ2v) is 2.57. The van der Waals surface area contributed by atoms with Crippen LogP contribution in [0.5, 0.6) is 5.88 Å². The molecule has 5 nitrogen and oxygen atoms in total. The lowest BCUT2D eigenvalue weighted by Crippen LogP contribution is -2.04. The topological polar surface area (TPSA) is 64.4 Å². The highest BCUT2D eigenvalue weighted by atomic mass is 16.5. The van der Waals surface area contributed by atoms with Gasteiger partial charge in [-0.2, -0.15) is 5.10 Å². The van der Waals surface area contributed by atoms with E-state index in [0.29, 0.717) is 18.0 Å². The van der Waals surface area contributed by atoms with E-state index in [2.05, 4.69) is 5.10 Å². The van der Waals surface area contributed by atoms with E-state index in [1.54, 1.807) is 4.68 Å². The van der Waals surface area contributed by atoms with E-state index in [0.717, 1.165) is 0 Å². The normalized spacial score (nSPS) is 10.0. The maximum absolute atomic E-state index is 10.4. The summed E-state index contributed by atoms with van der Waals surface area (Å²) in [6.45, 7) is 2.59. The predicted octanol–water partition coefficient (Wildman–Crippen LogP) is 0.539. The zero-order chi connectivity index (χ0) is 9.84. The van der Waals surface area contributed by atoms with Crippen LogP contribution in [0.15, 0.2) is 6.20 Å². The van der Waals surface area contributed by atoms with Gasteiger partial charge < -0.3 is 9.84 Å². The predicted molar refractivity (Wildman–Crippen MR) is 45.8 cm³/mol. The lowest BCUT2D eigenvalue weighted by molar-refractivity contribution is -0.136. The molecule has 0 aliphatic rings. The van der Waals surface area contributed by atoms with Crippen molar-refractivity contribution in [2.24, 2.45) is 0 Å². The van der Waals surface area contributed by atoms with E-state index in [1.165, 1.54) is 13.3 Å². The monoisotopic (exact) mass is 184 g/mol. The molecule has 72 valence electrons. The molecule has 1 heterocycles. The number of ether oxygens (including phenoxy) is 1. The highest BCUT2D eigenvalue weighted by Crippen LogP contribution is 2.17. The molecule has 1 aromatic rings. The van der Waals surface area contributed by atoms with E-state index >= 15 is 0 Å². The third-order valence-electron chi connectivity index (χ3n) is 1.70. The summed E-state index contributed by atoms with van der Waals surface area (Å²) < 4.78 is 6.67. The molecular formula is C8H12N2O3. The number of rotatable bonds is 4. The number of carbonyl (C=O) groups is 1. The molecule has 1 aromatic heterocycles. The van der Waals surface area contributed by atoms with Crippen LogP contribution in [-0.4, -0.2) is 28.0 Å². The van der Waals surface area contributed by atoms with Crippen molar-refractivity contribution in [1.29, 1.82) is 0 Å². The van der Waals surface area contributed by atoms with E-state index in [4.69, 9.17) is 9.84 Å². The molecule has 1 rings (SSSR count).